The number of halogens is 3. The Balaban J connectivity index is 1.71. The SMILES string of the molecule is CCn1ncc(C(=O)Nc2ccc(CC3CC(=O)NC3=O)cc2)c1C(F)(F)F. The topological polar surface area (TPSA) is 93.1 Å². The molecule has 0 aliphatic carbocycles. The molecule has 3 amide bonds. The molecule has 2 aromatic rings. The molecule has 3 rings (SSSR count). The molecule has 1 aliphatic rings. The van der Waals surface area contributed by atoms with Gasteiger partial charge in [0.2, 0.25) is 11.8 Å². The van der Waals surface area contributed by atoms with Crippen LogP contribution >= 0.6 is 0 Å². The lowest BCUT2D eigenvalue weighted by Gasteiger charge is -2.12. The highest BCUT2D eigenvalue weighted by molar-refractivity contribution is 6.05. The molecule has 0 radical (unpaired) electrons. The van der Waals surface area contributed by atoms with E-state index in [1.165, 1.54) is 19.1 Å². The van der Waals surface area contributed by atoms with Gasteiger partial charge in [-0.15, -0.1) is 0 Å². The number of amides is 3. The summed E-state index contributed by atoms with van der Waals surface area (Å²) in [7, 11) is 0. The van der Waals surface area contributed by atoms with E-state index in [1.54, 1.807) is 12.1 Å². The standard InChI is InChI=1S/C18H17F3N4O3/c1-2-25-15(18(19,20)21)13(9-22-25)17(28)23-12-5-3-10(4-6-12)7-11-8-14(26)24-16(11)27/h3-6,9,11H,2,7-8H2,1H3,(H,23,28)(H,24,26,27). The molecule has 0 spiro atoms. The third kappa shape index (κ3) is 4.05. The summed E-state index contributed by atoms with van der Waals surface area (Å²) in [6, 6.07) is 6.34. The molecule has 1 aromatic carbocycles. The van der Waals surface area contributed by atoms with Gasteiger partial charge in [-0.25, -0.2) is 0 Å². The molecule has 148 valence electrons. The van der Waals surface area contributed by atoms with Gasteiger partial charge in [-0.05, 0) is 31.0 Å². The van der Waals surface area contributed by atoms with Gasteiger partial charge in [-0.2, -0.15) is 18.3 Å². The van der Waals surface area contributed by atoms with Gasteiger partial charge in [-0.1, -0.05) is 12.1 Å². The summed E-state index contributed by atoms with van der Waals surface area (Å²) in [5.41, 5.74) is -0.582. The van der Waals surface area contributed by atoms with Crippen molar-refractivity contribution < 1.29 is 27.6 Å². The first kappa shape index (κ1) is 19.6. The number of imide groups is 1. The molecule has 1 atom stereocenters. The van der Waals surface area contributed by atoms with Crippen molar-refractivity contribution in [3.05, 3.63) is 47.3 Å². The number of aryl methyl sites for hydroxylation is 1. The van der Waals surface area contributed by atoms with Crippen LogP contribution in [0.5, 0.6) is 0 Å². The van der Waals surface area contributed by atoms with Crippen LogP contribution in [0.4, 0.5) is 18.9 Å². The van der Waals surface area contributed by atoms with E-state index < -0.39 is 29.3 Å². The van der Waals surface area contributed by atoms with E-state index in [-0.39, 0.29) is 24.8 Å². The number of carbonyl (C=O) groups is 3. The van der Waals surface area contributed by atoms with Gasteiger partial charge in [0.25, 0.3) is 5.91 Å². The van der Waals surface area contributed by atoms with E-state index in [0.29, 0.717) is 12.1 Å². The molecule has 1 fully saturated rings. The molecular weight excluding hydrogens is 377 g/mol. The van der Waals surface area contributed by atoms with Crippen molar-refractivity contribution in [2.45, 2.75) is 32.5 Å². The largest absolute Gasteiger partial charge is 0.433 e. The monoisotopic (exact) mass is 394 g/mol. The number of benzene rings is 1. The second-order valence-electron chi connectivity index (χ2n) is 6.39. The van der Waals surface area contributed by atoms with Crippen molar-refractivity contribution >= 4 is 23.4 Å². The van der Waals surface area contributed by atoms with Crippen LogP contribution in [-0.2, 0) is 28.7 Å². The number of anilines is 1. The first-order valence-corrected chi connectivity index (χ1v) is 8.56. The predicted molar refractivity (Wildman–Crippen MR) is 92.3 cm³/mol. The molecule has 0 saturated carbocycles. The molecule has 0 bridgehead atoms. The number of carbonyl (C=O) groups excluding carboxylic acids is 3. The number of aromatic nitrogens is 2. The van der Waals surface area contributed by atoms with E-state index in [0.717, 1.165) is 16.4 Å². The summed E-state index contributed by atoms with van der Waals surface area (Å²) in [4.78, 5) is 35.1. The van der Waals surface area contributed by atoms with E-state index in [1.807, 2.05) is 0 Å². The highest BCUT2D eigenvalue weighted by Crippen LogP contribution is 2.32. The fourth-order valence-corrected chi connectivity index (χ4v) is 3.07. The normalized spacial score (nSPS) is 16.9. The van der Waals surface area contributed by atoms with E-state index in [9.17, 15) is 27.6 Å². The molecule has 1 unspecified atom stereocenters. The lowest BCUT2D eigenvalue weighted by Crippen LogP contribution is -2.22. The zero-order chi connectivity index (χ0) is 20.5. The van der Waals surface area contributed by atoms with Crippen LogP contribution in [0, 0.1) is 5.92 Å². The molecule has 10 heteroatoms. The van der Waals surface area contributed by atoms with Crippen LogP contribution in [0.15, 0.2) is 30.5 Å². The van der Waals surface area contributed by atoms with E-state index >= 15 is 0 Å². The molecule has 7 nitrogen and oxygen atoms in total. The average Bonchev–Trinajstić information content (AvgIpc) is 3.19. The Bertz CT molecular complexity index is 919. The molecule has 1 aliphatic heterocycles. The Morgan fingerprint density at radius 1 is 1.29 bits per heavy atom. The number of hydrogen-bond acceptors (Lipinski definition) is 4. The Kier molecular flexibility index (Phi) is 5.21. The van der Waals surface area contributed by atoms with Crippen LogP contribution in [0.2, 0.25) is 0 Å². The lowest BCUT2D eigenvalue weighted by molar-refractivity contribution is -0.144. The van der Waals surface area contributed by atoms with Crippen molar-refractivity contribution in [2.24, 2.45) is 5.92 Å². The maximum absolute atomic E-state index is 13.2. The second kappa shape index (κ2) is 7.45. The van der Waals surface area contributed by atoms with Crippen molar-refractivity contribution in [3.8, 4) is 0 Å². The summed E-state index contributed by atoms with van der Waals surface area (Å²) < 4.78 is 40.4. The number of alkyl halides is 3. The van der Waals surface area contributed by atoms with Crippen LogP contribution < -0.4 is 10.6 Å². The minimum absolute atomic E-state index is 0.0198. The molecular formula is C18H17F3N4O3. The lowest BCUT2D eigenvalue weighted by atomic mass is 9.98. The van der Waals surface area contributed by atoms with Gasteiger partial charge < -0.3 is 5.32 Å². The third-order valence-corrected chi connectivity index (χ3v) is 4.41. The molecule has 2 heterocycles. The van der Waals surface area contributed by atoms with Crippen LogP contribution in [0.25, 0.3) is 0 Å². The maximum Gasteiger partial charge on any atom is 0.433 e. The van der Waals surface area contributed by atoms with Gasteiger partial charge in [0, 0.05) is 18.7 Å². The summed E-state index contributed by atoms with van der Waals surface area (Å²) in [6.07, 6.45) is -3.33. The third-order valence-electron chi connectivity index (χ3n) is 4.41. The Labute approximate surface area is 157 Å². The minimum atomic E-state index is -4.71. The van der Waals surface area contributed by atoms with Gasteiger partial charge in [-0.3, -0.25) is 24.4 Å². The van der Waals surface area contributed by atoms with Crippen molar-refractivity contribution in [3.63, 3.8) is 0 Å². The van der Waals surface area contributed by atoms with Crippen molar-refractivity contribution in [2.75, 3.05) is 5.32 Å². The molecule has 1 aromatic heterocycles. The maximum atomic E-state index is 13.2. The molecule has 1 saturated heterocycles. The van der Waals surface area contributed by atoms with Crippen LogP contribution in [-0.4, -0.2) is 27.5 Å². The quantitative estimate of drug-likeness (QED) is 0.762. The van der Waals surface area contributed by atoms with Gasteiger partial charge >= 0.3 is 6.18 Å². The van der Waals surface area contributed by atoms with E-state index in [2.05, 4.69) is 15.7 Å². The van der Waals surface area contributed by atoms with Gasteiger partial charge in [0.15, 0.2) is 5.69 Å². The Morgan fingerprint density at radius 3 is 2.50 bits per heavy atom. The van der Waals surface area contributed by atoms with Crippen LogP contribution in [0.3, 0.4) is 0 Å². The first-order chi connectivity index (χ1) is 13.2. The van der Waals surface area contributed by atoms with Crippen LogP contribution in [0.1, 0.15) is 35.0 Å². The highest BCUT2D eigenvalue weighted by atomic mass is 19.4. The Hall–Kier alpha value is -3.17. The second-order valence-corrected chi connectivity index (χ2v) is 6.39. The first-order valence-electron chi connectivity index (χ1n) is 8.56. The predicted octanol–water partition coefficient (Wildman–Crippen LogP) is 2.38. The van der Waals surface area contributed by atoms with Crippen molar-refractivity contribution in [1.29, 1.82) is 0 Å². The fraction of sp³-hybridized carbons (Fsp3) is 0.333. The fourth-order valence-electron chi connectivity index (χ4n) is 3.07. The van der Waals surface area contributed by atoms with Gasteiger partial charge in [0.1, 0.15) is 0 Å². The summed E-state index contributed by atoms with van der Waals surface area (Å²) in [5, 5.41) is 8.27. The Morgan fingerprint density at radius 2 is 1.96 bits per heavy atom. The smallest absolute Gasteiger partial charge is 0.322 e. The minimum Gasteiger partial charge on any atom is -0.322 e. The molecule has 28 heavy (non-hydrogen) atoms. The van der Waals surface area contributed by atoms with Crippen molar-refractivity contribution in [1.82, 2.24) is 15.1 Å². The number of nitrogens with one attached hydrogen (secondary N) is 2. The zero-order valence-electron chi connectivity index (χ0n) is 14.8. The average molecular weight is 394 g/mol. The number of nitrogens with zero attached hydrogens (tertiary/aromatic N) is 2. The van der Waals surface area contributed by atoms with Gasteiger partial charge in [0.05, 0.1) is 17.7 Å². The zero-order valence-corrected chi connectivity index (χ0v) is 14.8. The number of rotatable bonds is 5. The molecule has 2 N–H and O–H groups in total. The number of hydrogen-bond donors (Lipinski definition) is 2. The summed E-state index contributed by atoms with van der Waals surface area (Å²) in [5.74, 6) is -2.00. The van der Waals surface area contributed by atoms with E-state index in [4.69, 9.17) is 0 Å². The summed E-state index contributed by atoms with van der Waals surface area (Å²) in [6.45, 7) is 1.48. The highest BCUT2D eigenvalue weighted by Gasteiger charge is 2.39. The summed E-state index contributed by atoms with van der Waals surface area (Å²) >= 11 is 0.